The van der Waals surface area contributed by atoms with Gasteiger partial charge in [0, 0.05) is 22.5 Å². The van der Waals surface area contributed by atoms with Gasteiger partial charge in [-0.1, -0.05) is 18.2 Å². The molecule has 100 valence electrons. The number of nitrogens with one attached hydrogen (secondary N) is 1. The van der Waals surface area contributed by atoms with Crippen LogP contribution in [0.4, 0.5) is 17.1 Å². The third-order valence-corrected chi connectivity index (χ3v) is 3.24. The van der Waals surface area contributed by atoms with E-state index < -0.39 is 0 Å². The summed E-state index contributed by atoms with van der Waals surface area (Å²) in [6.07, 6.45) is 0. The molecule has 0 bridgehead atoms. The lowest BCUT2D eigenvalue weighted by atomic mass is 10.1. The standard InChI is InChI=1S/C17H17N3/c1-11-8-14(18)10-15(9-11)20-16-5-3-4-13-7-6-12(2)19-17(13)16/h3-10,20H,18H2,1-2H3. The average Bonchev–Trinajstić information content (AvgIpc) is 2.38. The van der Waals surface area contributed by atoms with Crippen LogP contribution >= 0.6 is 0 Å². The Labute approximate surface area is 118 Å². The number of hydrogen-bond acceptors (Lipinski definition) is 3. The number of nitrogens with zero attached hydrogens (tertiary/aromatic N) is 1. The van der Waals surface area contributed by atoms with Crippen LogP contribution < -0.4 is 11.1 Å². The lowest BCUT2D eigenvalue weighted by molar-refractivity contribution is 1.25. The Balaban J connectivity index is 2.08. The number of pyridine rings is 1. The van der Waals surface area contributed by atoms with Crippen molar-refractivity contribution < 1.29 is 0 Å². The SMILES string of the molecule is Cc1cc(N)cc(Nc2cccc3ccc(C)nc23)c1. The number of para-hydroxylation sites is 1. The molecule has 0 radical (unpaired) electrons. The van der Waals surface area contributed by atoms with Gasteiger partial charge in [-0.05, 0) is 49.7 Å². The zero-order chi connectivity index (χ0) is 14.1. The Bertz CT molecular complexity index is 758. The molecule has 0 aliphatic carbocycles. The third-order valence-electron chi connectivity index (χ3n) is 3.24. The van der Waals surface area contributed by atoms with Crippen LogP contribution in [0.5, 0.6) is 0 Å². The molecule has 2 aromatic carbocycles. The molecule has 0 atom stereocenters. The van der Waals surface area contributed by atoms with Crippen LogP contribution in [0.15, 0.2) is 48.5 Å². The molecule has 3 nitrogen and oxygen atoms in total. The van der Waals surface area contributed by atoms with Gasteiger partial charge in [-0.2, -0.15) is 0 Å². The Morgan fingerprint density at radius 1 is 1.00 bits per heavy atom. The van der Waals surface area contributed by atoms with Crippen LogP contribution in [0.25, 0.3) is 10.9 Å². The first-order valence-corrected chi connectivity index (χ1v) is 6.62. The maximum Gasteiger partial charge on any atom is 0.0939 e. The number of nitrogens with two attached hydrogens (primary N) is 1. The molecule has 0 spiro atoms. The van der Waals surface area contributed by atoms with Crippen LogP contribution in [-0.4, -0.2) is 4.98 Å². The molecular weight excluding hydrogens is 246 g/mol. The molecule has 0 unspecified atom stereocenters. The third kappa shape index (κ3) is 2.43. The van der Waals surface area contributed by atoms with Gasteiger partial charge in [-0.3, -0.25) is 4.98 Å². The highest BCUT2D eigenvalue weighted by atomic mass is 14.9. The molecular formula is C17H17N3. The van der Waals surface area contributed by atoms with Gasteiger partial charge in [-0.15, -0.1) is 0 Å². The molecule has 3 aromatic rings. The van der Waals surface area contributed by atoms with E-state index in [1.807, 2.05) is 44.2 Å². The van der Waals surface area contributed by atoms with E-state index in [9.17, 15) is 0 Å². The molecule has 0 aliphatic rings. The summed E-state index contributed by atoms with van der Waals surface area (Å²) < 4.78 is 0. The second-order valence-corrected chi connectivity index (χ2v) is 5.09. The fourth-order valence-corrected chi connectivity index (χ4v) is 2.39. The maximum absolute atomic E-state index is 5.89. The topological polar surface area (TPSA) is 50.9 Å². The second-order valence-electron chi connectivity index (χ2n) is 5.09. The predicted molar refractivity (Wildman–Crippen MR) is 85.4 cm³/mol. The summed E-state index contributed by atoms with van der Waals surface area (Å²) >= 11 is 0. The van der Waals surface area contributed by atoms with Crippen molar-refractivity contribution in [2.75, 3.05) is 11.1 Å². The lowest BCUT2D eigenvalue weighted by Crippen LogP contribution is -1.96. The number of hydrogen-bond donors (Lipinski definition) is 2. The Kier molecular flexibility index (Phi) is 3.03. The Morgan fingerprint density at radius 2 is 1.85 bits per heavy atom. The first kappa shape index (κ1) is 12.5. The van der Waals surface area contributed by atoms with Crippen LogP contribution in [0, 0.1) is 13.8 Å². The molecule has 20 heavy (non-hydrogen) atoms. The molecule has 0 amide bonds. The van der Waals surface area contributed by atoms with Crippen molar-refractivity contribution in [3.8, 4) is 0 Å². The van der Waals surface area contributed by atoms with Crippen molar-refractivity contribution in [1.82, 2.24) is 4.98 Å². The number of aryl methyl sites for hydroxylation is 2. The number of anilines is 3. The Hall–Kier alpha value is -2.55. The highest BCUT2D eigenvalue weighted by molar-refractivity contribution is 5.92. The number of rotatable bonds is 2. The van der Waals surface area contributed by atoms with Gasteiger partial charge in [-0.25, -0.2) is 0 Å². The van der Waals surface area contributed by atoms with Gasteiger partial charge in [0.15, 0.2) is 0 Å². The van der Waals surface area contributed by atoms with Crippen molar-refractivity contribution in [2.24, 2.45) is 0 Å². The van der Waals surface area contributed by atoms with E-state index in [1.165, 1.54) is 0 Å². The number of benzene rings is 2. The van der Waals surface area contributed by atoms with Gasteiger partial charge in [0.05, 0.1) is 11.2 Å². The number of aromatic nitrogens is 1. The van der Waals surface area contributed by atoms with Crippen LogP contribution in [-0.2, 0) is 0 Å². The summed E-state index contributed by atoms with van der Waals surface area (Å²) in [5.41, 5.74) is 11.8. The molecule has 1 heterocycles. The van der Waals surface area contributed by atoms with Crippen LogP contribution in [0.1, 0.15) is 11.3 Å². The molecule has 1 aromatic heterocycles. The highest BCUT2D eigenvalue weighted by Gasteiger charge is 2.04. The molecule has 0 saturated carbocycles. The largest absolute Gasteiger partial charge is 0.399 e. The summed E-state index contributed by atoms with van der Waals surface area (Å²) in [5.74, 6) is 0. The van der Waals surface area contributed by atoms with Crippen LogP contribution in [0.3, 0.4) is 0 Å². The fourth-order valence-electron chi connectivity index (χ4n) is 2.39. The minimum atomic E-state index is 0.761. The van der Waals surface area contributed by atoms with Crippen molar-refractivity contribution >= 4 is 28.0 Å². The van der Waals surface area contributed by atoms with E-state index in [0.717, 1.165) is 39.2 Å². The first-order chi connectivity index (χ1) is 9.61. The predicted octanol–water partition coefficient (Wildman–Crippen LogP) is 4.18. The summed E-state index contributed by atoms with van der Waals surface area (Å²) in [4.78, 5) is 4.62. The molecule has 0 saturated heterocycles. The molecule has 3 N–H and O–H groups in total. The molecule has 3 rings (SSSR count). The molecule has 0 aliphatic heterocycles. The van der Waals surface area contributed by atoms with E-state index in [1.54, 1.807) is 0 Å². The van der Waals surface area contributed by atoms with Crippen molar-refractivity contribution in [2.45, 2.75) is 13.8 Å². The van der Waals surface area contributed by atoms with E-state index in [-0.39, 0.29) is 0 Å². The van der Waals surface area contributed by atoms with Gasteiger partial charge in [0.2, 0.25) is 0 Å². The summed E-state index contributed by atoms with van der Waals surface area (Å²) in [6.45, 7) is 4.04. The van der Waals surface area contributed by atoms with Gasteiger partial charge in [0.25, 0.3) is 0 Å². The number of fused-ring (bicyclic) bond motifs is 1. The van der Waals surface area contributed by atoms with Crippen molar-refractivity contribution in [3.05, 3.63) is 59.8 Å². The van der Waals surface area contributed by atoms with E-state index in [2.05, 4.69) is 28.5 Å². The maximum atomic E-state index is 5.89. The first-order valence-electron chi connectivity index (χ1n) is 6.62. The van der Waals surface area contributed by atoms with E-state index in [0.29, 0.717) is 0 Å². The fraction of sp³-hybridized carbons (Fsp3) is 0.118. The minimum Gasteiger partial charge on any atom is -0.399 e. The van der Waals surface area contributed by atoms with Gasteiger partial charge < -0.3 is 11.1 Å². The number of nitrogen functional groups attached to an aromatic ring is 1. The van der Waals surface area contributed by atoms with Crippen molar-refractivity contribution in [1.29, 1.82) is 0 Å². The van der Waals surface area contributed by atoms with E-state index >= 15 is 0 Å². The zero-order valence-electron chi connectivity index (χ0n) is 11.6. The summed E-state index contributed by atoms with van der Waals surface area (Å²) in [5, 5.41) is 4.54. The summed E-state index contributed by atoms with van der Waals surface area (Å²) in [6, 6.07) is 16.2. The lowest BCUT2D eigenvalue weighted by Gasteiger charge is -2.11. The second kappa shape index (κ2) is 4.85. The van der Waals surface area contributed by atoms with Gasteiger partial charge in [0.1, 0.15) is 0 Å². The smallest absolute Gasteiger partial charge is 0.0939 e. The van der Waals surface area contributed by atoms with Crippen LogP contribution in [0.2, 0.25) is 0 Å². The molecule has 3 heteroatoms. The quantitative estimate of drug-likeness (QED) is 0.682. The minimum absolute atomic E-state index is 0.761. The summed E-state index contributed by atoms with van der Waals surface area (Å²) in [7, 11) is 0. The highest BCUT2D eigenvalue weighted by Crippen LogP contribution is 2.26. The van der Waals surface area contributed by atoms with Crippen molar-refractivity contribution in [3.63, 3.8) is 0 Å². The average molecular weight is 263 g/mol. The normalized spacial score (nSPS) is 10.7. The molecule has 0 fully saturated rings. The van der Waals surface area contributed by atoms with Gasteiger partial charge >= 0.3 is 0 Å². The Morgan fingerprint density at radius 3 is 2.65 bits per heavy atom. The van der Waals surface area contributed by atoms with E-state index in [4.69, 9.17) is 5.73 Å². The monoisotopic (exact) mass is 263 g/mol. The zero-order valence-corrected chi connectivity index (χ0v) is 11.6.